The molecule has 10 aromatic rings. The summed E-state index contributed by atoms with van der Waals surface area (Å²) < 4.78 is 64.6. The minimum atomic E-state index is -1.05. The number of nitrogens with one attached hydrogen (secondary N) is 1. The maximum Gasteiger partial charge on any atom is 0.410 e. The number of aliphatic hydroxyl groups excluding tert-OH is 1. The number of hydrogen-bond donors (Lipinski definition) is 4. The second-order valence-corrected chi connectivity index (χ2v) is 22.3. The molecule has 2 saturated heterocycles. The fraction of sp³-hybridized carbons (Fsp3) is 0.242. The third-order valence-electron chi connectivity index (χ3n) is 16.1. The number of nitrogens with zero attached hydrogens (tertiary/aromatic N) is 13. The zero-order valence-electron chi connectivity index (χ0n) is 50.2. The van der Waals surface area contributed by atoms with Crippen LogP contribution in [-0.4, -0.2) is 159 Å². The van der Waals surface area contributed by atoms with Gasteiger partial charge in [-0.1, -0.05) is 60.7 Å². The molecule has 4 aliphatic rings. The van der Waals surface area contributed by atoms with Gasteiger partial charge in [0.15, 0.2) is 23.3 Å². The number of aliphatic hydroxyl groups is 1. The van der Waals surface area contributed by atoms with Crippen molar-refractivity contribution in [3.05, 3.63) is 215 Å². The number of nitrogen functional groups attached to an aromatic ring is 2. The molecule has 4 aliphatic heterocycles. The van der Waals surface area contributed by atoms with Crippen molar-refractivity contribution in [1.29, 1.82) is 0 Å². The zero-order valence-corrected chi connectivity index (χ0v) is 50.2. The maximum absolute atomic E-state index is 14.5. The van der Waals surface area contributed by atoms with Crippen molar-refractivity contribution in [1.82, 2.24) is 68.9 Å². The van der Waals surface area contributed by atoms with Gasteiger partial charge in [0.05, 0.1) is 17.6 Å². The lowest BCUT2D eigenvalue weighted by Gasteiger charge is -2.31. The summed E-state index contributed by atoms with van der Waals surface area (Å²) in [5, 5.41) is 13.8. The standard InChI is InChI=1S/C30H28F2N6O3.C24H18F2N4O2.C7H6N4O.C5H12N2/c1-36-8-10-37(11-9-36)30(40)41-17-21-13-24(31)25(32)14-22(21)18-6-7-26-23(12-18)27(35-29(33)34-26)28(39)38-15-19-4-2-3-5-20(19)16-38;25-19-8-16(12-31)17(9-20(19)26)13-5-6-21-18(7-13)22(29-24(27)28-21)23(32)30-10-14-3-1-2-4-15(14)11-30;12-7(10-3-1-8-5-10)11-4-2-9-6-11;1-7-4-2-6-3-5-7/h2-7,12-14H,8-11,15-17H2,1H3,(H2,33,34,35);1-9,31H,10-12H2,(H2,27,28,29);1-6H;6H,2-5H2,1H3. The summed E-state index contributed by atoms with van der Waals surface area (Å²) in [6, 6.07) is 29.4. The normalized spacial score (nSPS) is 14.5. The molecule has 2 fully saturated rings. The van der Waals surface area contributed by atoms with Crippen LogP contribution in [0.4, 0.5) is 39.0 Å². The predicted octanol–water partition coefficient (Wildman–Crippen LogP) is 8.12. The van der Waals surface area contributed by atoms with Gasteiger partial charge < -0.3 is 51.1 Å². The zero-order chi connectivity index (χ0) is 64.6. The van der Waals surface area contributed by atoms with Gasteiger partial charge in [0.1, 0.15) is 30.6 Å². The number of benzene rings is 6. The molecule has 6 N–H and O–H groups in total. The lowest BCUT2D eigenvalue weighted by molar-refractivity contribution is 0.0741. The molecule has 8 heterocycles. The van der Waals surface area contributed by atoms with Gasteiger partial charge in [-0.3, -0.25) is 18.7 Å². The molecule has 26 heteroatoms. The van der Waals surface area contributed by atoms with Gasteiger partial charge in [0, 0.05) is 120 Å². The quantitative estimate of drug-likeness (QED) is 0.110. The van der Waals surface area contributed by atoms with Crippen molar-refractivity contribution in [2.24, 2.45) is 0 Å². The van der Waals surface area contributed by atoms with Crippen LogP contribution in [0.15, 0.2) is 147 Å². The Morgan fingerprint density at radius 3 is 1.37 bits per heavy atom. The Labute approximate surface area is 525 Å². The summed E-state index contributed by atoms with van der Waals surface area (Å²) in [6.45, 7) is 8.28. The Morgan fingerprint density at radius 2 is 0.957 bits per heavy atom. The number of anilines is 2. The third-order valence-corrected chi connectivity index (χ3v) is 16.1. The summed E-state index contributed by atoms with van der Waals surface area (Å²) >= 11 is 0. The Bertz CT molecular complexity index is 4270. The Kier molecular flexibility index (Phi) is 19.3. The van der Waals surface area contributed by atoms with E-state index < -0.39 is 36.0 Å². The number of piperazine rings is 2. The van der Waals surface area contributed by atoms with E-state index >= 15 is 0 Å². The first-order valence-corrected chi connectivity index (χ1v) is 29.4. The van der Waals surface area contributed by atoms with E-state index in [1.165, 1.54) is 34.9 Å². The first-order valence-electron chi connectivity index (χ1n) is 29.4. The number of likely N-dealkylation sites (N-methyl/N-ethyl adjacent to an activating group) is 2. The minimum Gasteiger partial charge on any atom is -0.445 e. The lowest BCUT2D eigenvalue weighted by atomic mass is 9.97. The van der Waals surface area contributed by atoms with Crippen LogP contribution in [0.25, 0.3) is 44.1 Å². The van der Waals surface area contributed by atoms with Crippen molar-refractivity contribution in [3.63, 3.8) is 0 Å². The first kappa shape index (κ1) is 63.0. The highest BCUT2D eigenvalue weighted by Crippen LogP contribution is 2.35. The van der Waals surface area contributed by atoms with E-state index in [1.54, 1.807) is 75.9 Å². The average molecular weight is 1250 g/mol. The molecule has 0 unspecified atom stereocenters. The molecule has 472 valence electrons. The number of nitrogens with two attached hydrogens (primary N) is 2. The monoisotopic (exact) mass is 1250 g/mol. The van der Waals surface area contributed by atoms with Crippen LogP contribution in [0.1, 0.15) is 54.4 Å². The Morgan fingerprint density at radius 1 is 0.533 bits per heavy atom. The van der Waals surface area contributed by atoms with E-state index in [0.717, 1.165) is 72.7 Å². The van der Waals surface area contributed by atoms with Gasteiger partial charge in [0.2, 0.25) is 11.9 Å². The maximum atomic E-state index is 14.5. The van der Waals surface area contributed by atoms with Gasteiger partial charge in [-0.2, -0.15) is 0 Å². The summed E-state index contributed by atoms with van der Waals surface area (Å²) in [5.74, 6) is -4.87. The van der Waals surface area contributed by atoms with Gasteiger partial charge in [0.25, 0.3) is 11.8 Å². The molecular formula is C66H64F4N16O6. The van der Waals surface area contributed by atoms with Gasteiger partial charge >= 0.3 is 12.1 Å². The molecule has 0 radical (unpaired) electrons. The summed E-state index contributed by atoms with van der Waals surface area (Å²) in [6.07, 6.45) is 8.65. The smallest absolute Gasteiger partial charge is 0.410 e. The number of amides is 3. The fourth-order valence-electron chi connectivity index (χ4n) is 11.0. The molecule has 0 aliphatic carbocycles. The molecule has 0 saturated carbocycles. The van der Waals surface area contributed by atoms with Gasteiger partial charge in [-0.05, 0) is 113 Å². The van der Waals surface area contributed by atoms with E-state index in [2.05, 4.69) is 52.1 Å². The number of fused-ring (bicyclic) bond motifs is 4. The van der Waals surface area contributed by atoms with Crippen molar-refractivity contribution in [3.8, 4) is 22.3 Å². The number of imidazole rings is 2. The highest BCUT2D eigenvalue weighted by molar-refractivity contribution is 6.07. The van der Waals surface area contributed by atoms with Crippen molar-refractivity contribution in [2.75, 3.05) is 77.9 Å². The number of carbonyl (C=O) groups is 4. The largest absolute Gasteiger partial charge is 0.445 e. The second kappa shape index (κ2) is 28.1. The molecule has 92 heavy (non-hydrogen) atoms. The van der Waals surface area contributed by atoms with Crippen LogP contribution in [0.3, 0.4) is 0 Å². The number of aromatic nitrogens is 8. The second-order valence-electron chi connectivity index (χ2n) is 22.3. The fourth-order valence-corrected chi connectivity index (χ4v) is 11.0. The molecule has 0 atom stereocenters. The number of halogens is 4. The molecule has 0 bridgehead atoms. The topological polar surface area (TPSA) is 265 Å². The average Bonchev–Trinajstić information content (AvgIpc) is 1.33. The van der Waals surface area contributed by atoms with Crippen LogP contribution in [-0.2, 0) is 44.1 Å². The molecular weight excluding hydrogens is 1190 g/mol. The first-order chi connectivity index (χ1) is 44.5. The lowest BCUT2D eigenvalue weighted by Crippen LogP contribution is -2.47. The van der Waals surface area contributed by atoms with E-state index in [-0.39, 0.29) is 58.9 Å². The highest BCUT2D eigenvalue weighted by Gasteiger charge is 2.30. The SMILES string of the molecule is CN1CCN(C(=O)OCc2cc(F)c(F)cc2-c2ccc3nc(N)nc(C(=O)N4Cc5ccccc5C4)c3c2)CC1.CN1CCNCC1.Nc1nc(C(=O)N2Cc3ccccc3C2)c2cc(-c3cc(F)c(F)cc3CO)ccc2n1.O=C(n1ccnc1)n1ccnc1. The summed E-state index contributed by atoms with van der Waals surface area (Å²) in [4.78, 5) is 85.0. The molecule has 3 amide bonds. The predicted molar refractivity (Wildman–Crippen MR) is 335 cm³/mol. The molecule has 4 aromatic heterocycles. The van der Waals surface area contributed by atoms with E-state index in [1.807, 2.05) is 55.6 Å². The highest BCUT2D eigenvalue weighted by atomic mass is 19.2. The Balaban J connectivity index is 0.000000148. The van der Waals surface area contributed by atoms with E-state index in [0.29, 0.717) is 83.3 Å². The Hall–Kier alpha value is -10.5. The third kappa shape index (κ3) is 14.4. The number of carbonyl (C=O) groups excluding carboxylic acids is 4. The minimum absolute atomic E-state index is 0.0332. The van der Waals surface area contributed by atoms with Crippen LogP contribution < -0.4 is 16.8 Å². The van der Waals surface area contributed by atoms with Crippen LogP contribution in [0.2, 0.25) is 0 Å². The molecule has 14 rings (SSSR count). The van der Waals surface area contributed by atoms with Gasteiger partial charge in [-0.15, -0.1) is 0 Å². The summed E-state index contributed by atoms with van der Waals surface area (Å²) in [5.41, 5.74) is 19.3. The molecule has 22 nitrogen and oxygen atoms in total. The van der Waals surface area contributed by atoms with Crippen LogP contribution in [0, 0.1) is 23.3 Å². The summed E-state index contributed by atoms with van der Waals surface area (Å²) in [7, 11) is 4.13. The van der Waals surface area contributed by atoms with Crippen molar-refractivity contribution < 1.29 is 46.6 Å². The number of rotatable bonds is 7. The molecule has 6 aromatic carbocycles. The molecule has 0 spiro atoms. The van der Waals surface area contributed by atoms with Crippen LogP contribution >= 0.6 is 0 Å². The van der Waals surface area contributed by atoms with E-state index in [9.17, 15) is 41.8 Å². The number of ether oxygens (including phenoxy) is 1. The van der Waals surface area contributed by atoms with Crippen molar-refractivity contribution in [2.45, 2.75) is 39.4 Å². The van der Waals surface area contributed by atoms with Crippen LogP contribution in [0.5, 0.6) is 0 Å². The van der Waals surface area contributed by atoms with Crippen molar-refractivity contribution >= 4 is 57.6 Å². The number of hydrogen-bond acceptors (Lipinski definition) is 17. The van der Waals surface area contributed by atoms with E-state index in [4.69, 9.17) is 16.2 Å². The van der Waals surface area contributed by atoms with Gasteiger partial charge in [-0.25, -0.2) is 57.1 Å².